The summed E-state index contributed by atoms with van der Waals surface area (Å²) in [5.74, 6) is -3.43. The minimum absolute atomic E-state index is 0.144. The van der Waals surface area contributed by atoms with Gasteiger partial charge in [-0.15, -0.1) is 0 Å². The van der Waals surface area contributed by atoms with Crippen LogP contribution in [-0.2, 0) is 9.84 Å². The molecule has 1 aromatic rings. The minimum Gasteiger partial charge on any atom is -0.380 e. The van der Waals surface area contributed by atoms with Gasteiger partial charge in [-0.3, -0.25) is 0 Å². The van der Waals surface area contributed by atoms with E-state index in [1.54, 1.807) is 13.0 Å². The van der Waals surface area contributed by atoms with Crippen molar-refractivity contribution in [2.75, 3.05) is 11.9 Å². The lowest BCUT2D eigenvalue weighted by Crippen LogP contribution is -2.26. The van der Waals surface area contributed by atoms with Crippen LogP contribution in [0.15, 0.2) is 29.2 Å². The summed E-state index contributed by atoms with van der Waals surface area (Å²) in [6.45, 7) is 1.99. The minimum atomic E-state index is -4.60. The first-order valence-electron chi connectivity index (χ1n) is 4.97. The molecule has 7 heteroatoms. The topological polar surface area (TPSA) is 72.2 Å². The zero-order valence-electron chi connectivity index (χ0n) is 9.23. The Hall–Kier alpha value is -1.21. The van der Waals surface area contributed by atoms with Crippen LogP contribution in [0.2, 0.25) is 0 Å². The lowest BCUT2D eigenvalue weighted by molar-refractivity contribution is 0.235. The van der Waals surface area contributed by atoms with E-state index in [9.17, 15) is 17.2 Å². The quantitative estimate of drug-likeness (QED) is 0.844. The average Bonchev–Trinajstić information content (AvgIpc) is 2.29. The van der Waals surface area contributed by atoms with Gasteiger partial charge >= 0.3 is 5.76 Å². The van der Waals surface area contributed by atoms with Crippen molar-refractivity contribution in [1.82, 2.24) is 0 Å². The van der Waals surface area contributed by atoms with Crippen molar-refractivity contribution in [2.45, 2.75) is 23.6 Å². The van der Waals surface area contributed by atoms with Gasteiger partial charge in [0.25, 0.3) is 0 Å². The third-order valence-corrected chi connectivity index (χ3v) is 3.62. The van der Waals surface area contributed by atoms with Gasteiger partial charge in [-0.25, -0.2) is 8.42 Å². The van der Waals surface area contributed by atoms with Gasteiger partial charge in [0.15, 0.2) is 0 Å². The molecule has 3 N–H and O–H groups in total. The highest BCUT2D eigenvalue weighted by Gasteiger charge is 2.29. The van der Waals surface area contributed by atoms with E-state index in [-0.39, 0.29) is 18.3 Å². The summed E-state index contributed by atoms with van der Waals surface area (Å²) >= 11 is 0. The predicted octanol–water partition coefficient (Wildman–Crippen LogP) is 1.44. The maximum absolute atomic E-state index is 12.5. The fourth-order valence-electron chi connectivity index (χ4n) is 1.25. The fraction of sp³-hybridized carbons (Fsp3) is 0.400. The Morgan fingerprint density at radius 2 is 1.94 bits per heavy atom. The number of nitrogens with one attached hydrogen (secondary N) is 1. The molecule has 1 atom stereocenters. The third kappa shape index (κ3) is 3.13. The molecule has 0 saturated heterocycles. The molecule has 0 spiro atoms. The number of halogens is 2. The number of rotatable bonds is 5. The number of hydrogen-bond acceptors (Lipinski definition) is 4. The van der Waals surface area contributed by atoms with Crippen molar-refractivity contribution in [3.63, 3.8) is 0 Å². The van der Waals surface area contributed by atoms with Crippen LogP contribution < -0.4 is 11.1 Å². The summed E-state index contributed by atoms with van der Waals surface area (Å²) in [5.41, 5.74) is 5.52. The lowest BCUT2D eigenvalue weighted by Gasteiger charge is -2.16. The normalized spacial score (nSPS) is 13.7. The van der Waals surface area contributed by atoms with Crippen molar-refractivity contribution in [3.05, 3.63) is 24.3 Å². The van der Waals surface area contributed by atoms with Crippen LogP contribution in [0.1, 0.15) is 6.92 Å². The smallest absolute Gasteiger partial charge is 0.341 e. The molecule has 0 radical (unpaired) electrons. The summed E-state index contributed by atoms with van der Waals surface area (Å²) in [7, 11) is -4.60. The Labute approximate surface area is 98.7 Å². The monoisotopic (exact) mass is 264 g/mol. The van der Waals surface area contributed by atoms with Crippen molar-refractivity contribution in [1.29, 1.82) is 0 Å². The first-order valence-corrected chi connectivity index (χ1v) is 6.52. The van der Waals surface area contributed by atoms with Gasteiger partial charge in [-0.1, -0.05) is 12.1 Å². The fourth-order valence-corrected chi connectivity index (χ4v) is 2.15. The molecular formula is C10H14F2N2O2S. The Morgan fingerprint density at radius 3 is 2.47 bits per heavy atom. The second-order valence-corrected chi connectivity index (χ2v) is 5.47. The van der Waals surface area contributed by atoms with Crippen LogP contribution in [0.25, 0.3) is 0 Å². The number of para-hydroxylation sites is 1. The molecule has 4 nitrogen and oxygen atoms in total. The van der Waals surface area contributed by atoms with E-state index in [1.165, 1.54) is 12.1 Å². The van der Waals surface area contributed by atoms with Gasteiger partial charge in [0.1, 0.15) is 0 Å². The molecule has 0 aliphatic heterocycles. The molecule has 1 rings (SSSR count). The van der Waals surface area contributed by atoms with Crippen LogP contribution in [0.5, 0.6) is 0 Å². The highest BCUT2D eigenvalue weighted by molar-refractivity contribution is 7.91. The largest absolute Gasteiger partial charge is 0.380 e. The number of benzene rings is 1. The Morgan fingerprint density at radius 1 is 1.35 bits per heavy atom. The molecule has 0 saturated carbocycles. The number of nitrogens with two attached hydrogens (primary N) is 1. The summed E-state index contributed by atoms with van der Waals surface area (Å²) < 4.78 is 47.7. The molecule has 0 heterocycles. The van der Waals surface area contributed by atoms with Crippen molar-refractivity contribution < 1.29 is 17.2 Å². The van der Waals surface area contributed by atoms with Gasteiger partial charge in [-0.05, 0) is 19.1 Å². The Kier molecular flexibility index (Phi) is 4.41. The van der Waals surface area contributed by atoms with E-state index in [4.69, 9.17) is 5.73 Å². The molecule has 0 amide bonds. The number of sulfone groups is 1. The Balaban J connectivity index is 3.17. The molecule has 0 aromatic heterocycles. The summed E-state index contributed by atoms with van der Waals surface area (Å²) in [6.07, 6.45) is 0. The number of alkyl halides is 2. The number of hydrogen-bond donors (Lipinski definition) is 2. The summed E-state index contributed by atoms with van der Waals surface area (Å²) in [5, 5.41) is 2.78. The van der Waals surface area contributed by atoms with Gasteiger partial charge in [0, 0.05) is 12.6 Å². The van der Waals surface area contributed by atoms with Gasteiger partial charge < -0.3 is 11.1 Å². The van der Waals surface area contributed by atoms with Crippen LogP contribution in [0.4, 0.5) is 14.5 Å². The Bertz CT molecular complexity index is 477. The van der Waals surface area contributed by atoms with E-state index < -0.39 is 20.5 Å². The van der Waals surface area contributed by atoms with Gasteiger partial charge in [0.05, 0.1) is 10.6 Å². The van der Waals surface area contributed by atoms with E-state index in [0.717, 1.165) is 6.07 Å². The molecule has 0 fully saturated rings. The lowest BCUT2D eigenvalue weighted by atomic mass is 10.2. The molecule has 0 aliphatic carbocycles. The first kappa shape index (κ1) is 13.9. The second-order valence-electron chi connectivity index (χ2n) is 3.58. The van der Waals surface area contributed by atoms with Crippen LogP contribution >= 0.6 is 0 Å². The molecule has 17 heavy (non-hydrogen) atoms. The van der Waals surface area contributed by atoms with Gasteiger partial charge in [0.2, 0.25) is 9.84 Å². The zero-order chi connectivity index (χ0) is 13.1. The van der Waals surface area contributed by atoms with Crippen LogP contribution in [-0.4, -0.2) is 26.8 Å². The van der Waals surface area contributed by atoms with Crippen molar-refractivity contribution in [3.8, 4) is 0 Å². The predicted molar refractivity (Wildman–Crippen MR) is 61.8 cm³/mol. The van der Waals surface area contributed by atoms with E-state index in [0.29, 0.717) is 0 Å². The molecular weight excluding hydrogens is 250 g/mol. The SMILES string of the molecule is CC(CN)Nc1ccccc1S(=O)(=O)C(F)F. The van der Waals surface area contributed by atoms with E-state index >= 15 is 0 Å². The standard InChI is InChI=1S/C10H14F2N2O2S/c1-7(6-13)14-8-4-2-3-5-9(8)17(15,16)10(11)12/h2-5,7,10,14H,6,13H2,1H3. The number of anilines is 1. The second kappa shape index (κ2) is 5.42. The first-order chi connectivity index (χ1) is 7.89. The van der Waals surface area contributed by atoms with Gasteiger partial charge in [-0.2, -0.15) is 8.78 Å². The van der Waals surface area contributed by atoms with E-state index in [1.807, 2.05) is 0 Å². The highest BCUT2D eigenvalue weighted by atomic mass is 32.2. The highest BCUT2D eigenvalue weighted by Crippen LogP contribution is 2.26. The molecule has 96 valence electrons. The van der Waals surface area contributed by atoms with Crippen molar-refractivity contribution in [2.24, 2.45) is 5.73 Å². The van der Waals surface area contributed by atoms with Crippen LogP contribution in [0.3, 0.4) is 0 Å². The average molecular weight is 264 g/mol. The molecule has 1 aromatic carbocycles. The maximum Gasteiger partial charge on any atom is 0.341 e. The maximum atomic E-state index is 12.5. The summed E-state index contributed by atoms with van der Waals surface area (Å²) in [6, 6.07) is 5.34. The van der Waals surface area contributed by atoms with Crippen LogP contribution in [0, 0.1) is 0 Å². The summed E-state index contributed by atoms with van der Waals surface area (Å²) in [4.78, 5) is -0.407. The molecule has 1 unspecified atom stereocenters. The third-order valence-electron chi connectivity index (χ3n) is 2.18. The van der Waals surface area contributed by atoms with E-state index in [2.05, 4.69) is 5.32 Å². The molecule has 0 aliphatic rings. The zero-order valence-corrected chi connectivity index (χ0v) is 10.0. The molecule has 0 bridgehead atoms. The van der Waals surface area contributed by atoms with Crippen molar-refractivity contribution >= 4 is 15.5 Å².